The van der Waals surface area contributed by atoms with Gasteiger partial charge in [-0.25, -0.2) is 23.0 Å². The van der Waals surface area contributed by atoms with E-state index in [1.165, 1.54) is 4.90 Å². The van der Waals surface area contributed by atoms with Crippen LogP contribution in [-0.2, 0) is 14.8 Å². The summed E-state index contributed by atoms with van der Waals surface area (Å²) in [5.74, 6) is 0.512. The van der Waals surface area contributed by atoms with Crippen LogP contribution in [0.3, 0.4) is 0 Å². The van der Waals surface area contributed by atoms with Crippen LogP contribution in [0.1, 0.15) is 37.7 Å². The molecule has 0 aromatic heterocycles. The summed E-state index contributed by atoms with van der Waals surface area (Å²) in [5.41, 5.74) is 0.612. The van der Waals surface area contributed by atoms with Crippen LogP contribution < -0.4 is 14.4 Å². The molecule has 8 heteroatoms. The zero-order valence-electron chi connectivity index (χ0n) is 17.1. The number of ether oxygens (including phenoxy) is 1. The molecule has 2 aromatic rings. The first kappa shape index (κ1) is 20.4. The Hall–Kier alpha value is -2.87. The van der Waals surface area contributed by atoms with Crippen LogP contribution in [-0.4, -0.2) is 32.9 Å². The van der Waals surface area contributed by atoms with Gasteiger partial charge in [-0.3, -0.25) is 4.79 Å². The zero-order chi connectivity index (χ0) is 21.4. The number of methoxy groups -OCH3 is 1. The van der Waals surface area contributed by atoms with E-state index >= 15 is 0 Å². The van der Waals surface area contributed by atoms with Crippen molar-refractivity contribution in [2.75, 3.05) is 12.0 Å². The molecule has 2 aliphatic rings. The monoisotopic (exact) mass is 427 g/mol. The molecule has 158 valence electrons. The second-order valence-electron chi connectivity index (χ2n) is 7.78. The van der Waals surface area contributed by atoms with Gasteiger partial charge in [0.15, 0.2) is 0 Å². The molecule has 30 heavy (non-hydrogen) atoms. The summed E-state index contributed by atoms with van der Waals surface area (Å²) in [6, 6.07) is 13.5. The number of aryl methyl sites for hydroxylation is 1. The fourth-order valence-electron chi connectivity index (χ4n) is 4.00. The molecule has 1 fully saturated rings. The first-order chi connectivity index (χ1) is 14.3. The molecule has 0 bridgehead atoms. The van der Waals surface area contributed by atoms with Crippen molar-refractivity contribution in [3.05, 3.63) is 54.1 Å². The Labute approximate surface area is 176 Å². The quantitative estimate of drug-likeness (QED) is 0.810. The SMILES string of the molecule is COc1ccc(N2C(=O)C3(CCCCC3)N=C2NS(=O)(=O)c2ccc(C)cc2)cc1. The van der Waals surface area contributed by atoms with Gasteiger partial charge in [0.2, 0.25) is 5.96 Å². The number of guanidine groups is 1. The topological polar surface area (TPSA) is 88.1 Å². The summed E-state index contributed by atoms with van der Waals surface area (Å²) in [7, 11) is -2.33. The molecular formula is C22H25N3O4S. The number of hydrogen-bond acceptors (Lipinski definition) is 5. The molecule has 1 amide bonds. The van der Waals surface area contributed by atoms with Crippen LogP contribution in [0.4, 0.5) is 5.69 Å². The molecule has 0 radical (unpaired) electrons. The van der Waals surface area contributed by atoms with E-state index in [0.717, 1.165) is 24.8 Å². The van der Waals surface area contributed by atoms with Crippen molar-refractivity contribution in [3.63, 3.8) is 0 Å². The number of hydrogen-bond donors (Lipinski definition) is 1. The molecule has 0 atom stereocenters. The zero-order valence-corrected chi connectivity index (χ0v) is 17.9. The number of anilines is 1. The van der Waals surface area contributed by atoms with E-state index in [0.29, 0.717) is 24.3 Å². The van der Waals surface area contributed by atoms with Gasteiger partial charge in [0.05, 0.1) is 17.7 Å². The maximum Gasteiger partial charge on any atom is 0.264 e. The lowest BCUT2D eigenvalue weighted by molar-refractivity contribution is -0.122. The number of carbonyl (C=O) groups is 1. The van der Waals surface area contributed by atoms with E-state index in [1.54, 1.807) is 55.6 Å². The maximum absolute atomic E-state index is 13.5. The second kappa shape index (κ2) is 7.75. The largest absolute Gasteiger partial charge is 0.497 e. The van der Waals surface area contributed by atoms with Crippen molar-refractivity contribution in [1.29, 1.82) is 0 Å². The fourth-order valence-corrected chi connectivity index (χ4v) is 4.99. The third-order valence-electron chi connectivity index (χ3n) is 5.70. The van der Waals surface area contributed by atoms with E-state index < -0.39 is 15.6 Å². The maximum atomic E-state index is 13.5. The normalized spacial score (nSPS) is 18.4. The van der Waals surface area contributed by atoms with Gasteiger partial charge in [-0.2, -0.15) is 0 Å². The van der Waals surface area contributed by atoms with Crippen molar-refractivity contribution in [3.8, 4) is 5.75 Å². The van der Waals surface area contributed by atoms with E-state index in [1.807, 2.05) is 6.92 Å². The van der Waals surface area contributed by atoms with Gasteiger partial charge in [-0.15, -0.1) is 0 Å². The molecule has 1 aliphatic heterocycles. The minimum absolute atomic E-state index is 0.0487. The summed E-state index contributed by atoms with van der Waals surface area (Å²) in [4.78, 5) is 19.6. The van der Waals surface area contributed by atoms with E-state index in [9.17, 15) is 13.2 Å². The summed E-state index contributed by atoms with van der Waals surface area (Å²) in [6.45, 7) is 1.89. The molecule has 7 nitrogen and oxygen atoms in total. The Balaban J connectivity index is 1.73. The number of carbonyl (C=O) groups excluding carboxylic acids is 1. The molecule has 1 aliphatic carbocycles. The standard InChI is InChI=1S/C22H25N3O4S/c1-16-6-12-19(13-7-16)30(27,28)24-21-23-22(14-4-3-5-15-22)20(26)25(21)17-8-10-18(29-2)11-9-17/h6-13H,3-5,14-15H2,1-2H3,(H,23,24). The Morgan fingerprint density at radius 1 is 1.00 bits per heavy atom. The number of sulfonamides is 1. The molecule has 2 aromatic carbocycles. The minimum atomic E-state index is -3.89. The molecule has 0 unspecified atom stereocenters. The molecule has 1 spiro atoms. The highest BCUT2D eigenvalue weighted by Gasteiger charge is 2.50. The van der Waals surface area contributed by atoms with Crippen LogP contribution in [0, 0.1) is 6.92 Å². The van der Waals surface area contributed by atoms with Gasteiger partial charge in [0.25, 0.3) is 15.9 Å². The van der Waals surface area contributed by atoms with E-state index in [4.69, 9.17) is 4.74 Å². The smallest absolute Gasteiger partial charge is 0.264 e. The van der Waals surface area contributed by atoms with Gasteiger partial charge in [0.1, 0.15) is 11.3 Å². The summed E-state index contributed by atoms with van der Waals surface area (Å²) in [5, 5.41) is 0. The number of nitrogens with one attached hydrogen (secondary N) is 1. The van der Waals surface area contributed by atoms with Gasteiger partial charge in [-0.1, -0.05) is 37.0 Å². The van der Waals surface area contributed by atoms with Crippen molar-refractivity contribution in [2.45, 2.75) is 49.5 Å². The van der Waals surface area contributed by atoms with E-state index in [-0.39, 0.29) is 16.8 Å². The third kappa shape index (κ3) is 3.67. The Kier molecular flexibility index (Phi) is 5.27. The highest BCUT2D eigenvalue weighted by Crippen LogP contribution is 2.39. The van der Waals surface area contributed by atoms with Crippen LogP contribution in [0.2, 0.25) is 0 Å². The Bertz CT molecular complexity index is 1070. The minimum Gasteiger partial charge on any atom is -0.497 e. The first-order valence-corrected chi connectivity index (χ1v) is 11.5. The lowest BCUT2D eigenvalue weighted by Crippen LogP contribution is -2.47. The number of rotatable bonds is 4. The molecule has 1 saturated carbocycles. The molecule has 1 N–H and O–H groups in total. The first-order valence-electron chi connectivity index (χ1n) is 10.0. The second-order valence-corrected chi connectivity index (χ2v) is 9.47. The number of amides is 1. The lowest BCUT2D eigenvalue weighted by atomic mass is 9.82. The van der Waals surface area contributed by atoms with Crippen LogP contribution in [0.25, 0.3) is 0 Å². The average Bonchev–Trinajstić information content (AvgIpc) is 2.99. The van der Waals surface area contributed by atoms with Crippen LogP contribution in [0.15, 0.2) is 58.4 Å². The average molecular weight is 428 g/mol. The molecular weight excluding hydrogens is 402 g/mol. The van der Waals surface area contributed by atoms with Gasteiger partial charge < -0.3 is 4.74 Å². The molecule has 4 rings (SSSR count). The Morgan fingerprint density at radius 3 is 2.23 bits per heavy atom. The van der Waals surface area contributed by atoms with Crippen molar-refractivity contribution >= 4 is 27.6 Å². The number of nitrogens with zero attached hydrogens (tertiary/aromatic N) is 2. The Morgan fingerprint density at radius 2 is 1.63 bits per heavy atom. The predicted molar refractivity (Wildman–Crippen MR) is 115 cm³/mol. The van der Waals surface area contributed by atoms with Crippen LogP contribution >= 0.6 is 0 Å². The van der Waals surface area contributed by atoms with Crippen molar-refractivity contribution in [2.24, 2.45) is 4.99 Å². The van der Waals surface area contributed by atoms with Gasteiger partial charge in [-0.05, 0) is 56.2 Å². The molecule has 0 saturated heterocycles. The molecule has 1 heterocycles. The van der Waals surface area contributed by atoms with Crippen molar-refractivity contribution in [1.82, 2.24) is 4.72 Å². The van der Waals surface area contributed by atoms with E-state index in [2.05, 4.69) is 9.71 Å². The fraction of sp³-hybridized carbons (Fsp3) is 0.364. The highest BCUT2D eigenvalue weighted by atomic mass is 32.2. The summed E-state index contributed by atoms with van der Waals surface area (Å²) in [6.07, 6.45) is 4.08. The highest BCUT2D eigenvalue weighted by molar-refractivity contribution is 7.90. The summed E-state index contributed by atoms with van der Waals surface area (Å²) >= 11 is 0. The predicted octanol–water partition coefficient (Wildman–Crippen LogP) is 3.39. The number of aliphatic imine (C=N–C) groups is 1. The van der Waals surface area contributed by atoms with Crippen LogP contribution in [0.5, 0.6) is 5.75 Å². The van der Waals surface area contributed by atoms with Gasteiger partial charge >= 0.3 is 0 Å². The van der Waals surface area contributed by atoms with Gasteiger partial charge in [0, 0.05) is 0 Å². The third-order valence-corrected chi connectivity index (χ3v) is 7.05. The summed E-state index contributed by atoms with van der Waals surface area (Å²) < 4.78 is 33.8. The van der Waals surface area contributed by atoms with Crippen molar-refractivity contribution < 1.29 is 17.9 Å². The number of benzene rings is 2. The lowest BCUT2D eigenvalue weighted by Gasteiger charge is -2.29.